The summed E-state index contributed by atoms with van der Waals surface area (Å²) in [6.45, 7) is 10.3. The first-order valence-corrected chi connectivity index (χ1v) is 12.1. The molecule has 1 aromatic rings. The molecule has 174 valence electrons. The largest absolute Gasteiger partial charge is 0.481 e. The van der Waals surface area contributed by atoms with Crippen molar-refractivity contribution in [1.29, 1.82) is 0 Å². The van der Waals surface area contributed by atoms with Crippen LogP contribution >= 0.6 is 0 Å². The summed E-state index contributed by atoms with van der Waals surface area (Å²) in [6, 6.07) is 2.35. The summed E-state index contributed by atoms with van der Waals surface area (Å²) < 4.78 is 0. The van der Waals surface area contributed by atoms with Gasteiger partial charge in [0.25, 0.3) is 0 Å². The maximum atomic E-state index is 11.3. The van der Waals surface area contributed by atoms with Gasteiger partial charge in [-0.05, 0) is 114 Å². The zero-order valence-electron chi connectivity index (χ0n) is 20.3. The van der Waals surface area contributed by atoms with E-state index < -0.39 is 17.4 Å². The Morgan fingerprint density at radius 1 is 0.903 bits per heavy atom. The number of unbranched alkanes of at least 4 members (excludes halogenated alkanes) is 4. The second kappa shape index (κ2) is 10.7. The lowest BCUT2D eigenvalue weighted by Crippen LogP contribution is -2.23. The van der Waals surface area contributed by atoms with Crippen molar-refractivity contribution in [3.05, 3.63) is 33.9 Å². The molecule has 2 rings (SSSR count). The lowest BCUT2D eigenvalue weighted by Gasteiger charge is -2.19. The van der Waals surface area contributed by atoms with Crippen LogP contribution in [0.4, 0.5) is 0 Å². The van der Waals surface area contributed by atoms with Gasteiger partial charge in [-0.25, -0.2) is 0 Å². The molecule has 1 fully saturated rings. The van der Waals surface area contributed by atoms with E-state index in [-0.39, 0.29) is 5.41 Å². The van der Waals surface area contributed by atoms with Crippen molar-refractivity contribution in [2.24, 2.45) is 10.8 Å². The predicted octanol–water partition coefficient (Wildman–Crippen LogP) is 6.79. The first-order chi connectivity index (χ1) is 14.5. The van der Waals surface area contributed by atoms with Crippen LogP contribution in [0, 0.1) is 31.6 Å². The van der Waals surface area contributed by atoms with Crippen molar-refractivity contribution in [1.82, 2.24) is 0 Å². The van der Waals surface area contributed by atoms with Gasteiger partial charge in [-0.15, -0.1) is 0 Å². The van der Waals surface area contributed by atoms with Gasteiger partial charge < -0.3 is 10.2 Å². The van der Waals surface area contributed by atoms with E-state index >= 15 is 0 Å². The van der Waals surface area contributed by atoms with E-state index in [4.69, 9.17) is 0 Å². The van der Waals surface area contributed by atoms with Crippen molar-refractivity contribution in [2.75, 3.05) is 0 Å². The smallest absolute Gasteiger partial charge is 0.309 e. The van der Waals surface area contributed by atoms with E-state index in [2.05, 4.69) is 26.8 Å². The summed E-state index contributed by atoms with van der Waals surface area (Å²) in [5.41, 5.74) is 6.05. The molecule has 1 saturated carbocycles. The summed E-state index contributed by atoms with van der Waals surface area (Å²) in [6.07, 6.45) is 11.8. The minimum Gasteiger partial charge on any atom is -0.481 e. The highest BCUT2D eigenvalue weighted by molar-refractivity contribution is 5.77. The molecule has 0 radical (unpaired) electrons. The highest BCUT2D eigenvalue weighted by Gasteiger charge is 2.49. The molecule has 0 spiro atoms. The van der Waals surface area contributed by atoms with Gasteiger partial charge in [0.05, 0.1) is 10.8 Å². The monoisotopic (exact) mass is 430 g/mol. The van der Waals surface area contributed by atoms with Gasteiger partial charge in [-0.3, -0.25) is 9.59 Å². The maximum Gasteiger partial charge on any atom is 0.309 e. The van der Waals surface area contributed by atoms with E-state index in [1.165, 1.54) is 27.8 Å². The third-order valence-electron chi connectivity index (χ3n) is 7.58. The fourth-order valence-electron chi connectivity index (χ4n) is 4.69. The third-order valence-corrected chi connectivity index (χ3v) is 7.58. The maximum absolute atomic E-state index is 11.3. The quantitative estimate of drug-likeness (QED) is 0.319. The van der Waals surface area contributed by atoms with Gasteiger partial charge in [-0.2, -0.15) is 0 Å². The average Bonchev–Trinajstić information content (AvgIpc) is 3.48. The molecule has 0 unspecified atom stereocenters. The molecule has 1 aromatic carbocycles. The molecule has 4 nitrogen and oxygen atoms in total. The Bertz CT molecular complexity index is 787. The van der Waals surface area contributed by atoms with Crippen LogP contribution in [0.5, 0.6) is 0 Å². The van der Waals surface area contributed by atoms with Gasteiger partial charge in [-0.1, -0.05) is 31.7 Å². The number of aliphatic carboxylic acids is 2. The number of carbonyl (C=O) groups is 2. The SMILES string of the molecule is Cc1cc(CCCCCC(C)(C)C(=O)O)c(C)c(C)c1CCCCCC1(C(=O)O)CC1. The normalized spacial score (nSPS) is 15.1. The molecule has 1 aliphatic rings. The van der Waals surface area contributed by atoms with E-state index in [1.807, 2.05) is 0 Å². The van der Waals surface area contributed by atoms with E-state index in [1.54, 1.807) is 13.8 Å². The molecule has 4 heteroatoms. The number of carboxylic acids is 2. The topological polar surface area (TPSA) is 74.6 Å². The summed E-state index contributed by atoms with van der Waals surface area (Å²) in [4.78, 5) is 22.5. The molecule has 1 aliphatic carbocycles. The third kappa shape index (κ3) is 6.82. The molecule has 0 aliphatic heterocycles. The van der Waals surface area contributed by atoms with Gasteiger partial charge >= 0.3 is 11.9 Å². The number of hydrogen-bond acceptors (Lipinski definition) is 2. The Morgan fingerprint density at radius 3 is 2.10 bits per heavy atom. The fraction of sp³-hybridized carbons (Fsp3) is 0.704. The number of benzene rings is 1. The molecular weight excluding hydrogens is 388 g/mol. The van der Waals surface area contributed by atoms with Gasteiger partial charge in [0.2, 0.25) is 0 Å². The zero-order valence-corrected chi connectivity index (χ0v) is 20.3. The molecular formula is C27H42O4. The lowest BCUT2D eigenvalue weighted by atomic mass is 9.86. The van der Waals surface area contributed by atoms with Crippen LogP contribution in [0.15, 0.2) is 6.07 Å². The first kappa shape index (κ1) is 25.4. The minimum atomic E-state index is -0.709. The van der Waals surface area contributed by atoms with Crippen LogP contribution in [-0.4, -0.2) is 22.2 Å². The van der Waals surface area contributed by atoms with Crippen LogP contribution in [0.1, 0.15) is 106 Å². The Morgan fingerprint density at radius 2 is 1.52 bits per heavy atom. The summed E-state index contributed by atoms with van der Waals surface area (Å²) >= 11 is 0. The van der Waals surface area contributed by atoms with Gasteiger partial charge in [0.15, 0.2) is 0 Å². The Kier molecular flexibility index (Phi) is 8.73. The van der Waals surface area contributed by atoms with Crippen LogP contribution in [-0.2, 0) is 22.4 Å². The Labute approximate surface area is 188 Å². The molecule has 0 atom stereocenters. The second-order valence-electron chi connectivity index (χ2n) is 10.5. The van der Waals surface area contributed by atoms with Crippen LogP contribution < -0.4 is 0 Å². The van der Waals surface area contributed by atoms with Crippen molar-refractivity contribution in [3.63, 3.8) is 0 Å². The zero-order chi connectivity index (χ0) is 23.2. The minimum absolute atomic E-state index is 0.382. The van der Waals surface area contributed by atoms with Crippen LogP contribution in [0.25, 0.3) is 0 Å². The van der Waals surface area contributed by atoms with Crippen LogP contribution in [0.3, 0.4) is 0 Å². The van der Waals surface area contributed by atoms with Crippen molar-refractivity contribution < 1.29 is 19.8 Å². The summed E-state index contributed by atoms with van der Waals surface area (Å²) in [7, 11) is 0. The highest BCUT2D eigenvalue weighted by Crippen LogP contribution is 2.50. The molecule has 0 amide bonds. The number of carboxylic acid groups (broad SMARTS) is 2. The van der Waals surface area contributed by atoms with Crippen LogP contribution in [0.2, 0.25) is 0 Å². The van der Waals surface area contributed by atoms with E-state index in [9.17, 15) is 19.8 Å². The molecule has 31 heavy (non-hydrogen) atoms. The summed E-state index contributed by atoms with van der Waals surface area (Å²) in [5, 5.41) is 18.5. The Hall–Kier alpha value is -1.84. The average molecular weight is 431 g/mol. The van der Waals surface area contributed by atoms with Gasteiger partial charge in [0, 0.05) is 0 Å². The molecule has 0 aromatic heterocycles. The molecule has 2 N–H and O–H groups in total. The van der Waals surface area contributed by atoms with Crippen molar-refractivity contribution in [3.8, 4) is 0 Å². The number of rotatable bonds is 14. The van der Waals surface area contributed by atoms with E-state index in [0.717, 1.165) is 77.0 Å². The second-order valence-corrected chi connectivity index (χ2v) is 10.5. The standard InChI is InChI=1S/C27H42O4/c1-19-18-22(12-8-6-10-14-26(4,5)24(28)29)20(2)21(3)23(19)13-9-7-11-15-27(16-17-27)25(30)31/h18H,6-17H2,1-5H3,(H,28,29)(H,30,31). The number of hydrogen-bond donors (Lipinski definition) is 2. The van der Waals surface area contributed by atoms with Crippen molar-refractivity contribution >= 4 is 11.9 Å². The Balaban J connectivity index is 1.79. The predicted molar refractivity (Wildman–Crippen MR) is 126 cm³/mol. The first-order valence-electron chi connectivity index (χ1n) is 12.1. The molecule has 0 saturated heterocycles. The summed E-state index contributed by atoms with van der Waals surface area (Å²) in [5.74, 6) is -1.31. The number of aryl methyl sites for hydroxylation is 2. The highest BCUT2D eigenvalue weighted by atomic mass is 16.4. The fourth-order valence-corrected chi connectivity index (χ4v) is 4.69. The lowest BCUT2D eigenvalue weighted by molar-refractivity contribution is -0.147. The van der Waals surface area contributed by atoms with Gasteiger partial charge in [0.1, 0.15) is 0 Å². The molecule has 0 heterocycles. The van der Waals surface area contributed by atoms with Crippen molar-refractivity contribution in [2.45, 2.75) is 112 Å². The molecule has 0 bridgehead atoms. The van der Waals surface area contributed by atoms with E-state index in [0.29, 0.717) is 0 Å².